The first kappa shape index (κ1) is 14.3. The predicted octanol–water partition coefficient (Wildman–Crippen LogP) is 2.89. The van der Waals surface area contributed by atoms with Gasteiger partial charge in [0.05, 0.1) is 12.1 Å². The molecular formula is C17H19NO2. The highest BCUT2D eigenvalue weighted by Gasteiger charge is 2.11. The summed E-state index contributed by atoms with van der Waals surface area (Å²) in [4.78, 5) is 12.6. The zero-order valence-electron chi connectivity index (χ0n) is 11.9. The molecule has 0 atom stereocenters. The van der Waals surface area contributed by atoms with Gasteiger partial charge in [0, 0.05) is 23.2 Å². The zero-order chi connectivity index (χ0) is 14.7. The monoisotopic (exact) mass is 269 g/mol. The van der Waals surface area contributed by atoms with Crippen molar-refractivity contribution in [3.8, 4) is 0 Å². The fourth-order valence-electron chi connectivity index (χ4n) is 2.38. The standard InChI is InChI=1S/C17H19NO2/c1-4-12(2)11-15-13(3)18(9-10-19)16-8-6-5-7-14(16)17(15)20/h4-8,11,19H,1,9-10H2,2-3H3/b12-11-. The van der Waals surface area contributed by atoms with Crippen LogP contribution in [0.5, 0.6) is 0 Å². The molecule has 104 valence electrons. The topological polar surface area (TPSA) is 42.2 Å². The third-order valence-corrected chi connectivity index (χ3v) is 3.50. The van der Waals surface area contributed by atoms with Crippen LogP contribution in [0.1, 0.15) is 18.2 Å². The fraction of sp³-hybridized carbons (Fsp3) is 0.235. The van der Waals surface area contributed by atoms with E-state index in [1.54, 1.807) is 6.08 Å². The van der Waals surface area contributed by atoms with Crippen molar-refractivity contribution in [2.75, 3.05) is 6.61 Å². The minimum Gasteiger partial charge on any atom is -0.395 e. The van der Waals surface area contributed by atoms with Crippen molar-refractivity contribution in [1.29, 1.82) is 0 Å². The van der Waals surface area contributed by atoms with E-state index in [0.29, 0.717) is 17.5 Å². The molecule has 1 heterocycles. The Morgan fingerprint density at radius 3 is 2.75 bits per heavy atom. The molecule has 3 nitrogen and oxygen atoms in total. The minimum atomic E-state index is 0.0217. The van der Waals surface area contributed by atoms with Crippen molar-refractivity contribution in [1.82, 2.24) is 4.57 Å². The van der Waals surface area contributed by atoms with Crippen LogP contribution in [0.2, 0.25) is 0 Å². The summed E-state index contributed by atoms with van der Waals surface area (Å²) in [7, 11) is 0. The molecule has 0 aliphatic carbocycles. The molecule has 1 N–H and O–H groups in total. The second-order valence-electron chi connectivity index (χ2n) is 4.81. The molecule has 3 heteroatoms. The molecular weight excluding hydrogens is 250 g/mol. The van der Waals surface area contributed by atoms with Crippen molar-refractivity contribution in [3.63, 3.8) is 0 Å². The number of fused-ring (bicyclic) bond motifs is 1. The number of aliphatic hydroxyl groups excluding tert-OH is 1. The predicted molar refractivity (Wildman–Crippen MR) is 83.9 cm³/mol. The van der Waals surface area contributed by atoms with Crippen molar-refractivity contribution >= 4 is 17.0 Å². The summed E-state index contributed by atoms with van der Waals surface area (Å²) in [6.45, 7) is 8.05. The van der Waals surface area contributed by atoms with E-state index in [1.807, 2.05) is 48.8 Å². The van der Waals surface area contributed by atoms with Gasteiger partial charge in [-0.1, -0.05) is 30.4 Å². The van der Waals surface area contributed by atoms with Crippen LogP contribution in [0.3, 0.4) is 0 Å². The van der Waals surface area contributed by atoms with E-state index in [2.05, 4.69) is 6.58 Å². The second kappa shape index (κ2) is 5.88. The fourth-order valence-corrected chi connectivity index (χ4v) is 2.38. The van der Waals surface area contributed by atoms with Gasteiger partial charge in [-0.3, -0.25) is 4.79 Å². The molecule has 0 aliphatic rings. The Morgan fingerprint density at radius 1 is 1.40 bits per heavy atom. The third kappa shape index (κ3) is 2.45. The van der Waals surface area contributed by atoms with Crippen LogP contribution >= 0.6 is 0 Å². The van der Waals surface area contributed by atoms with Gasteiger partial charge in [0.1, 0.15) is 0 Å². The van der Waals surface area contributed by atoms with Gasteiger partial charge >= 0.3 is 0 Å². The largest absolute Gasteiger partial charge is 0.395 e. The normalized spacial score (nSPS) is 11.8. The summed E-state index contributed by atoms with van der Waals surface area (Å²) in [6, 6.07) is 7.49. The van der Waals surface area contributed by atoms with Crippen molar-refractivity contribution in [3.05, 3.63) is 64.0 Å². The number of allylic oxidation sites excluding steroid dienone is 2. The van der Waals surface area contributed by atoms with Gasteiger partial charge in [0.25, 0.3) is 0 Å². The highest BCUT2D eigenvalue weighted by atomic mass is 16.3. The molecule has 2 aromatic rings. The Morgan fingerprint density at radius 2 is 2.10 bits per heavy atom. The highest BCUT2D eigenvalue weighted by Crippen LogP contribution is 2.18. The Kier molecular flexibility index (Phi) is 4.20. The molecule has 0 spiro atoms. The lowest BCUT2D eigenvalue weighted by Gasteiger charge is -2.16. The van der Waals surface area contributed by atoms with Gasteiger partial charge in [0.2, 0.25) is 0 Å². The third-order valence-electron chi connectivity index (χ3n) is 3.50. The summed E-state index contributed by atoms with van der Waals surface area (Å²) in [5.74, 6) is 0. The number of nitrogens with zero attached hydrogens (tertiary/aromatic N) is 1. The number of aliphatic hydroxyl groups is 1. The molecule has 0 unspecified atom stereocenters. The second-order valence-corrected chi connectivity index (χ2v) is 4.81. The molecule has 0 aliphatic heterocycles. The lowest BCUT2D eigenvalue weighted by molar-refractivity contribution is 0.276. The molecule has 1 aromatic heterocycles. The Labute approximate surface area is 118 Å². The number of aromatic nitrogens is 1. The summed E-state index contributed by atoms with van der Waals surface area (Å²) >= 11 is 0. The lowest BCUT2D eigenvalue weighted by atomic mass is 10.1. The average molecular weight is 269 g/mol. The average Bonchev–Trinajstić information content (AvgIpc) is 2.47. The van der Waals surface area contributed by atoms with Gasteiger partial charge in [0.15, 0.2) is 5.43 Å². The number of hydrogen-bond donors (Lipinski definition) is 1. The summed E-state index contributed by atoms with van der Waals surface area (Å²) < 4.78 is 1.99. The summed E-state index contributed by atoms with van der Waals surface area (Å²) in [6.07, 6.45) is 3.58. The maximum Gasteiger partial charge on any atom is 0.196 e. The molecule has 0 saturated carbocycles. The quantitative estimate of drug-likeness (QED) is 0.867. The number of hydrogen-bond acceptors (Lipinski definition) is 2. The van der Waals surface area contributed by atoms with Gasteiger partial charge < -0.3 is 9.67 Å². The van der Waals surface area contributed by atoms with Gasteiger partial charge in [-0.05, 0) is 32.1 Å². The van der Waals surface area contributed by atoms with Crippen LogP contribution in [0.4, 0.5) is 0 Å². The Balaban J connectivity index is 2.89. The van der Waals surface area contributed by atoms with Crippen molar-refractivity contribution in [2.24, 2.45) is 0 Å². The Bertz CT molecular complexity index is 738. The lowest BCUT2D eigenvalue weighted by Crippen LogP contribution is -2.18. The molecule has 2 rings (SSSR count). The molecule has 20 heavy (non-hydrogen) atoms. The van der Waals surface area contributed by atoms with E-state index >= 15 is 0 Å². The highest BCUT2D eigenvalue weighted by molar-refractivity contribution is 5.82. The summed E-state index contributed by atoms with van der Waals surface area (Å²) in [5.41, 5.74) is 3.35. The number of para-hydroxylation sites is 1. The number of rotatable bonds is 4. The number of pyridine rings is 1. The number of benzene rings is 1. The maximum atomic E-state index is 12.6. The van der Waals surface area contributed by atoms with E-state index in [4.69, 9.17) is 0 Å². The van der Waals surface area contributed by atoms with Crippen LogP contribution in [0.15, 0.2) is 47.3 Å². The van der Waals surface area contributed by atoms with Crippen molar-refractivity contribution in [2.45, 2.75) is 20.4 Å². The van der Waals surface area contributed by atoms with Crippen LogP contribution < -0.4 is 5.43 Å². The first-order chi connectivity index (χ1) is 9.60. The van der Waals surface area contributed by atoms with E-state index in [-0.39, 0.29) is 12.0 Å². The first-order valence-corrected chi connectivity index (χ1v) is 6.64. The molecule has 0 bridgehead atoms. The van der Waals surface area contributed by atoms with Crippen LogP contribution in [0, 0.1) is 6.92 Å². The minimum absolute atomic E-state index is 0.0217. The van der Waals surface area contributed by atoms with E-state index in [0.717, 1.165) is 16.8 Å². The summed E-state index contributed by atoms with van der Waals surface area (Å²) in [5, 5.41) is 9.94. The molecule has 0 fully saturated rings. The molecule has 0 amide bonds. The van der Waals surface area contributed by atoms with Crippen molar-refractivity contribution < 1.29 is 5.11 Å². The van der Waals surface area contributed by atoms with Crippen LogP contribution in [-0.4, -0.2) is 16.3 Å². The van der Waals surface area contributed by atoms with E-state index in [1.165, 1.54) is 0 Å². The van der Waals surface area contributed by atoms with Gasteiger partial charge in [-0.25, -0.2) is 0 Å². The van der Waals surface area contributed by atoms with Gasteiger partial charge in [-0.15, -0.1) is 0 Å². The molecule has 0 radical (unpaired) electrons. The van der Waals surface area contributed by atoms with Gasteiger partial charge in [-0.2, -0.15) is 0 Å². The first-order valence-electron chi connectivity index (χ1n) is 6.64. The zero-order valence-corrected chi connectivity index (χ0v) is 11.9. The smallest absolute Gasteiger partial charge is 0.196 e. The SMILES string of the molecule is C=C/C(C)=C\c1c(C)n(CCO)c2ccccc2c1=O. The Hall–Kier alpha value is -2.13. The van der Waals surface area contributed by atoms with E-state index in [9.17, 15) is 9.90 Å². The van der Waals surface area contributed by atoms with Crippen LogP contribution in [0.25, 0.3) is 17.0 Å². The van der Waals surface area contributed by atoms with Crippen LogP contribution in [-0.2, 0) is 6.54 Å². The molecule has 0 saturated heterocycles. The van der Waals surface area contributed by atoms with E-state index < -0.39 is 0 Å². The maximum absolute atomic E-state index is 12.6. The molecule has 1 aromatic carbocycles.